The average molecular weight is 309 g/mol. The van der Waals surface area contributed by atoms with Gasteiger partial charge in [0.25, 0.3) is 0 Å². The number of nitrogens with one attached hydrogen (secondary N) is 1. The van der Waals surface area contributed by atoms with Gasteiger partial charge in [0, 0.05) is 6.42 Å². The summed E-state index contributed by atoms with van der Waals surface area (Å²) in [6.45, 7) is 0. The number of hydrogen-bond acceptors (Lipinski definition) is 4. The Kier molecular flexibility index (Phi) is 6.88. The molecule has 0 fully saturated rings. The molecule has 0 radical (unpaired) electrons. The van der Waals surface area contributed by atoms with Crippen molar-refractivity contribution in [3.05, 3.63) is 29.8 Å². The van der Waals surface area contributed by atoms with Gasteiger partial charge in [-0.2, -0.15) is 0 Å². The van der Waals surface area contributed by atoms with Gasteiger partial charge in [0.1, 0.15) is 11.8 Å². The smallest absolute Gasteiger partial charge is 0.326 e. The van der Waals surface area contributed by atoms with Gasteiger partial charge in [-0.05, 0) is 30.5 Å². The van der Waals surface area contributed by atoms with E-state index in [1.54, 1.807) is 7.11 Å². The van der Waals surface area contributed by atoms with Gasteiger partial charge in [-0.15, -0.1) is 0 Å². The molecule has 1 unspecified atom stereocenters. The first-order chi connectivity index (χ1) is 10.4. The second kappa shape index (κ2) is 8.66. The normalized spacial score (nSPS) is 11.5. The van der Waals surface area contributed by atoms with Crippen molar-refractivity contribution in [1.29, 1.82) is 0 Å². The molecule has 1 amide bonds. The van der Waals surface area contributed by atoms with Crippen LogP contribution >= 0.6 is 0 Å². The van der Waals surface area contributed by atoms with Crippen LogP contribution in [0, 0.1) is 0 Å². The third-order valence-corrected chi connectivity index (χ3v) is 3.04. The Morgan fingerprint density at radius 3 is 2.32 bits per heavy atom. The predicted octanol–water partition coefficient (Wildman–Crippen LogP) is 1.06. The number of methoxy groups -OCH3 is 1. The largest absolute Gasteiger partial charge is 0.497 e. The molecule has 0 saturated carbocycles. The van der Waals surface area contributed by atoms with Crippen LogP contribution in [-0.4, -0.2) is 41.2 Å². The van der Waals surface area contributed by atoms with E-state index in [0.29, 0.717) is 12.8 Å². The van der Waals surface area contributed by atoms with Crippen LogP contribution in [-0.2, 0) is 20.8 Å². The van der Waals surface area contributed by atoms with Crippen LogP contribution in [0.1, 0.15) is 24.8 Å². The molecule has 1 aromatic carbocycles. The van der Waals surface area contributed by atoms with Crippen molar-refractivity contribution in [1.82, 2.24) is 5.32 Å². The lowest BCUT2D eigenvalue weighted by Gasteiger charge is -2.12. The Morgan fingerprint density at radius 1 is 1.18 bits per heavy atom. The SMILES string of the molecule is COc1ccc(CCCC(=O)NC(CC(=O)O)C(=O)O)cc1. The first-order valence-corrected chi connectivity index (χ1v) is 6.79. The highest BCUT2D eigenvalue weighted by Crippen LogP contribution is 2.13. The molecule has 0 aliphatic rings. The van der Waals surface area contributed by atoms with Crippen LogP contribution in [0.4, 0.5) is 0 Å². The van der Waals surface area contributed by atoms with Crippen molar-refractivity contribution >= 4 is 17.8 Å². The second-order valence-electron chi connectivity index (χ2n) is 4.76. The molecule has 0 aliphatic heterocycles. The summed E-state index contributed by atoms with van der Waals surface area (Å²) in [4.78, 5) is 33.0. The number of aliphatic carboxylic acids is 2. The highest BCUT2D eigenvalue weighted by atomic mass is 16.5. The quantitative estimate of drug-likeness (QED) is 0.628. The van der Waals surface area contributed by atoms with Gasteiger partial charge in [0.2, 0.25) is 5.91 Å². The predicted molar refractivity (Wildman–Crippen MR) is 77.8 cm³/mol. The maximum atomic E-state index is 11.6. The Morgan fingerprint density at radius 2 is 1.82 bits per heavy atom. The second-order valence-corrected chi connectivity index (χ2v) is 4.76. The van der Waals surface area contributed by atoms with Gasteiger partial charge < -0.3 is 20.3 Å². The lowest BCUT2D eigenvalue weighted by molar-refractivity contribution is -0.147. The fourth-order valence-corrected chi connectivity index (χ4v) is 1.89. The summed E-state index contributed by atoms with van der Waals surface area (Å²) in [7, 11) is 1.58. The zero-order valence-electron chi connectivity index (χ0n) is 12.2. The molecule has 7 nitrogen and oxygen atoms in total. The Hall–Kier alpha value is -2.57. The molecule has 7 heteroatoms. The number of carbonyl (C=O) groups is 3. The molecule has 1 rings (SSSR count). The van der Waals surface area contributed by atoms with Crippen molar-refractivity contribution in [2.24, 2.45) is 0 Å². The number of aryl methyl sites for hydroxylation is 1. The monoisotopic (exact) mass is 309 g/mol. The average Bonchev–Trinajstić information content (AvgIpc) is 2.46. The number of carboxylic acid groups (broad SMARTS) is 2. The lowest BCUT2D eigenvalue weighted by Crippen LogP contribution is -2.42. The molecule has 0 aromatic heterocycles. The molecule has 3 N–H and O–H groups in total. The minimum Gasteiger partial charge on any atom is -0.497 e. The summed E-state index contributed by atoms with van der Waals surface area (Å²) >= 11 is 0. The first-order valence-electron chi connectivity index (χ1n) is 6.79. The van der Waals surface area contributed by atoms with E-state index >= 15 is 0 Å². The number of benzene rings is 1. The zero-order chi connectivity index (χ0) is 16.5. The number of rotatable bonds is 9. The van der Waals surface area contributed by atoms with Crippen molar-refractivity contribution in [2.45, 2.75) is 31.7 Å². The number of amides is 1. The third-order valence-electron chi connectivity index (χ3n) is 3.04. The molecule has 0 spiro atoms. The van der Waals surface area contributed by atoms with Crippen LogP contribution in [0.25, 0.3) is 0 Å². The van der Waals surface area contributed by atoms with E-state index in [1.165, 1.54) is 0 Å². The zero-order valence-corrected chi connectivity index (χ0v) is 12.2. The molecule has 0 heterocycles. The number of hydrogen-bond donors (Lipinski definition) is 3. The van der Waals surface area contributed by atoms with Gasteiger partial charge in [-0.1, -0.05) is 12.1 Å². The van der Waals surface area contributed by atoms with E-state index in [1.807, 2.05) is 24.3 Å². The fraction of sp³-hybridized carbons (Fsp3) is 0.400. The number of carbonyl (C=O) groups excluding carboxylic acids is 1. The van der Waals surface area contributed by atoms with Crippen LogP contribution in [0.3, 0.4) is 0 Å². The molecule has 22 heavy (non-hydrogen) atoms. The summed E-state index contributed by atoms with van der Waals surface area (Å²) in [5.74, 6) is -2.35. The van der Waals surface area contributed by atoms with Gasteiger partial charge in [0.15, 0.2) is 0 Å². The van der Waals surface area contributed by atoms with E-state index in [2.05, 4.69) is 5.32 Å². The fourth-order valence-electron chi connectivity index (χ4n) is 1.89. The van der Waals surface area contributed by atoms with Gasteiger partial charge in [-0.3, -0.25) is 9.59 Å². The van der Waals surface area contributed by atoms with Gasteiger partial charge in [0.05, 0.1) is 13.5 Å². The molecular weight excluding hydrogens is 290 g/mol. The minimum absolute atomic E-state index is 0.134. The van der Waals surface area contributed by atoms with Crippen LogP contribution in [0.5, 0.6) is 5.75 Å². The van der Waals surface area contributed by atoms with E-state index in [9.17, 15) is 14.4 Å². The summed E-state index contributed by atoms with van der Waals surface area (Å²) in [5, 5.41) is 19.6. The van der Waals surface area contributed by atoms with E-state index < -0.39 is 30.3 Å². The van der Waals surface area contributed by atoms with E-state index in [4.69, 9.17) is 14.9 Å². The van der Waals surface area contributed by atoms with Crippen molar-refractivity contribution in [2.75, 3.05) is 7.11 Å². The molecule has 0 aliphatic carbocycles. The maximum Gasteiger partial charge on any atom is 0.326 e. The summed E-state index contributed by atoms with van der Waals surface area (Å²) < 4.78 is 5.04. The molecule has 0 saturated heterocycles. The van der Waals surface area contributed by atoms with E-state index in [0.717, 1.165) is 11.3 Å². The highest BCUT2D eigenvalue weighted by molar-refractivity contribution is 5.86. The first kappa shape index (κ1) is 17.5. The lowest BCUT2D eigenvalue weighted by atomic mass is 10.1. The van der Waals surface area contributed by atoms with Crippen LogP contribution in [0.2, 0.25) is 0 Å². The van der Waals surface area contributed by atoms with Gasteiger partial charge >= 0.3 is 11.9 Å². The molecule has 1 aromatic rings. The Balaban J connectivity index is 2.38. The molecular formula is C15H19NO6. The summed E-state index contributed by atoms with van der Waals surface area (Å²) in [5.41, 5.74) is 1.04. The van der Waals surface area contributed by atoms with Gasteiger partial charge in [-0.25, -0.2) is 4.79 Å². The molecule has 120 valence electrons. The van der Waals surface area contributed by atoms with E-state index in [-0.39, 0.29) is 6.42 Å². The Labute approximate surface area is 127 Å². The number of ether oxygens (including phenoxy) is 1. The van der Waals surface area contributed by atoms with Crippen molar-refractivity contribution in [3.8, 4) is 5.75 Å². The van der Waals surface area contributed by atoms with Crippen molar-refractivity contribution in [3.63, 3.8) is 0 Å². The number of carboxylic acids is 2. The minimum atomic E-state index is -1.40. The maximum absolute atomic E-state index is 11.6. The molecule has 1 atom stereocenters. The van der Waals surface area contributed by atoms with Crippen molar-refractivity contribution < 1.29 is 29.3 Å². The summed E-state index contributed by atoms with van der Waals surface area (Å²) in [6.07, 6.45) is 0.695. The highest BCUT2D eigenvalue weighted by Gasteiger charge is 2.22. The topological polar surface area (TPSA) is 113 Å². The molecule has 0 bridgehead atoms. The summed E-state index contributed by atoms with van der Waals surface area (Å²) in [6, 6.07) is 6.03. The van der Waals surface area contributed by atoms with Crippen LogP contribution < -0.4 is 10.1 Å². The third kappa shape index (κ3) is 6.25. The van der Waals surface area contributed by atoms with Crippen LogP contribution in [0.15, 0.2) is 24.3 Å². The Bertz CT molecular complexity index is 525. The standard InChI is InChI=1S/C15H19NO6/c1-22-11-7-5-10(6-8-11)3-2-4-13(17)16-12(15(20)21)9-14(18)19/h5-8,12H,2-4,9H2,1H3,(H,16,17)(H,18,19)(H,20,21).